The van der Waals surface area contributed by atoms with Crippen molar-refractivity contribution in [2.45, 2.75) is 25.5 Å². The van der Waals surface area contributed by atoms with Crippen molar-refractivity contribution in [2.75, 3.05) is 6.61 Å². The van der Waals surface area contributed by atoms with E-state index in [-0.39, 0.29) is 10.1 Å². The monoisotopic (exact) mass is 476 g/mol. The Morgan fingerprint density at radius 3 is 2.71 bits per heavy atom. The van der Waals surface area contributed by atoms with Gasteiger partial charge in [-0.15, -0.1) is 10.2 Å². The van der Waals surface area contributed by atoms with E-state index in [4.69, 9.17) is 9.15 Å². The molecular weight excluding hydrogens is 464 g/mol. The smallest absolute Gasteiger partial charge is 0.342 e. The van der Waals surface area contributed by atoms with Crippen LogP contribution in [0.15, 0.2) is 35.6 Å². The highest BCUT2D eigenvalue weighted by molar-refractivity contribution is 9.11. The summed E-state index contributed by atoms with van der Waals surface area (Å²) in [6, 6.07) is 3.62. The normalized spacial score (nSPS) is 11.6. The van der Waals surface area contributed by atoms with Crippen molar-refractivity contribution < 1.29 is 19.1 Å². The molecule has 0 bridgehead atoms. The number of hydrogen-bond donors (Lipinski definition) is 1. The molecule has 24 heavy (non-hydrogen) atoms. The number of aryl methyl sites for hydroxylation is 1. The minimum Gasteiger partial charge on any atom is -0.492 e. The van der Waals surface area contributed by atoms with Crippen LogP contribution in [-0.4, -0.2) is 27.9 Å². The molecule has 0 amide bonds. The van der Waals surface area contributed by atoms with E-state index in [9.17, 15) is 9.90 Å². The van der Waals surface area contributed by atoms with Crippen molar-refractivity contribution in [3.63, 3.8) is 0 Å². The fraction of sp³-hybridized carbons (Fsp3) is 0.267. The largest absolute Gasteiger partial charge is 0.492 e. The lowest BCUT2D eigenvalue weighted by Crippen LogP contribution is -1.99. The first-order valence-electron chi connectivity index (χ1n) is 7.01. The summed E-state index contributed by atoms with van der Waals surface area (Å²) in [5.74, 6) is -0.0583. The van der Waals surface area contributed by atoms with Crippen LogP contribution in [0.25, 0.3) is 6.08 Å². The minimum atomic E-state index is -1.09. The highest BCUT2D eigenvalue weighted by Gasteiger charge is 2.17. The number of benzene rings is 1. The zero-order chi connectivity index (χ0) is 17.7. The van der Waals surface area contributed by atoms with Crippen LogP contribution in [0.5, 0.6) is 5.75 Å². The highest BCUT2D eigenvalue weighted by atomic mass is 79.9. The molecule has 0 spiro atoms. The van der Waals surface area contributed by atoms with Gasteiger partial charge in [-0.25, -0.2) is 4.79 Å². The molecule has 128 valence electrons. The van der Waals surface area contributed by atoms with Crippen LogP contribution < -0.4 is 4.74 Å². The first-order chi connectivity index (χ1) is 11.4. The quantitative estimate of drug-likeness (QED) is 0.453. The molecule has 0 aliphatic rings. The maximum atomic E-state index is 11.6. The number of hydrogen-bond acceptors (Lipinski definition) is 6. The zero-order valence-electron chi connectivity index (χ0n) is 12.9. The molecule has 1 heterocycles. The van der Waals surface area contributed by atoms with E-state index >= 15 is 0 Å². The molecule has 1 aromatic carbocycles. The average Bonchev–Trinajstić information content (AvgIpc) is 2.97. The number of aromatic nitrogens is 2. The summed E-state index contributed by atoms with van der Waals surface area (Å²) in [6.45, 7) is 4.20. The van der Waals surface area contributed by atoms with Gasteiger partial charge in [0.1, 0.15) is 10.7 Å². The summed E-state index contributed by atoms with van der Waals surface area (Å²) in [7, 11) is 0. The van der Waals surface area contributed by atoms with Crippen molar-refractivity contribution in [3.8, 4) is 5.75 Å². The predicted octanol–water partition coefficient (Wildman–Crippen LogP) is 4.77. The van der Waals surface area contributed by atoms with Crippen molar-refractivity contribution in [1.82, 2.24) is 10.2 Å². The van der Waals surface area contributed by atoms with Crippen LogP contribution in [0, 0.1) is 0 Å². The number of aliphatic carboxylic acids is 1. The third-order valence-electron chi connectivity index (χ3n) is 2.77. The molecule has 2 rings (SSSR count). The summed E-state index contributed by atoms with van der Waals surface area (Å²) in [5, 5.41) is 17.3. The van der Waals surface area contributed by atoms with Gasteiger partial charge in [-0.05, 0) is 52.8 Å². The van der Waals surface area contributed by atoms with Crippen molar-refractivity contribution in [3.05, 3.63) is 37.4 Å². The second-order valence-electron chi connectivity index (χ2n) is 4.47. The van der Waals surface area contributed by atoms with Crippen molar-refractivity contribution in [1.29, 1.82) is 0 Å². The first kappa shape index (κ1) is 19.0. The van der Waals surface area contributed by atoms with Crippen LogP contribution >= 0.6 is 43.6 Å². The molecule has 0 aliphatic heterocycles. The lowest BCUT2D eigenvalue weighted by molar-refractivity contribution is -0.131. The first-order valence-corrected chi connectivity index (χ1v) is 9.41. The molecule has 0 aliphatic carbocycles. The Kier molecular flexibility index (Phi) is 6.88. The van der Waals surface area contributed by atoms with Crippen LogP contribution in [0.4, 0.5) is 0 Å². The molecule has 6 nitrogen and oxygen atoms in total. The molecule has 0 saturated heterocycles. The average molecular weight is 478 g/mol. The maximum absolute atomic E-state index is 11.6. The molecule has 9 heteroatoms. The number of thioether (sulfide) groups is 1. The fourth-order valence-electron chi connectivity index (χ4n) is 1.78. The standard InChI is InChI=1S/C15H14Br2N2O4S/c1-3-12-18-19-15(23-12)24-11(14(20)21)6-8-5-9(16)7-10(17)13(8)22-4-2/h5-7H,3-4H2,1-2H3,(H,20,21)/b11-6-. The van der Waals surface area contributed by atoms with E-state index in [2.05, 4.69) is 42.1 Å². The van der Waals surface area contributed by atoms with Gasteiger partial charge in [-0.2, -0.15) is 0 Å². The Morgan fingerprint density at radius 1 is 1.38 bits per heavy atom. The molecule has 0 radical (unpaired) electrons. The summed E-state index contributed by atoms with van der Waals surface area (Å²) >= 11 is 7.72. The van der Waals surface area contributed by atoms with E-state index in [1.54, 1.807) is 6.07 Å². The van der Waals surface area contributed by atoms with Crippen LogP contribution in [0.3, 0.4) is 0 Å². The van der Waals surface area contributed by atoms with Gasteiger partial charge in [0.05, 0.1) is 11.1 Å². The molecule has 0 atom stereocenters. The zero-order valence-corrected chi connectivity index (χ0v) is 16.9. The van der Waals surface area contributed by atoms with E-state index in [1.807, 2.05) is 19.9 Å². The van der Waals surface area contributed by atoms with E-state index in [0.717, 1.165) is 20.7 Å². The number of carboxylic acid groups (broad SMARTS) is 1. The second kappa shape index (κ2) is 8.68. The van der Waals surface area contributed by atoms with Gasteiger partial charge in [0.25, 0.3) is 5.22 Å². The Balaban J connectivity index is 2.42. The van der Waals surface area contributed by atoms with Crippen molar-refractivity contribution >= 4 is 55.7 Å². The van der Waals surface area contributed by atoms with Gasteiger partial charge < -0.3 is 14.3 Å². The second-order valence-corrected chi connectivity index (χ2v) is 7.23. The van der Waals surface area contributed by atoms with Gasteiger partial charge in [-0.3, -0.25) is 0 Å². The molecule has 0 unspecified atom stereocenters. The summed E-state index contributed by atoms with van der Waals surface area (Å²) < 4.78 is 12.5. The topological polar surface area (TPSA) is 85.5 Å². The van der Waals surface area contributed by atoms with E-state index in [1.165, 1.54) is 6.08 Å². The molecular formula is C15H14Br2N2O4S. The van der Waals surface area contributed by atoms with Gasteiger partial charge in [0.2, 0.25) is 5.89 Å². The third-order valence-corrected chi connectivity index (χ3v) is 4.67. The maximum Gasteiger partial charge on any atom is 0.342 e. The molecule has 0 fully saturated rings. The number of carboxylic acids is 1. The van der Waals surface area contributed by atoms with Crippen molar-refractivity contribution in [2.24, 2.45) is 0 Å². The van der Waals surface area contributed by atoms with Gasteiger partial charge >= 0.3 is 5.97 Å². The SMILES string of the molecule is CCOc1c(Br)cc(Br)cc1/C=C(\Sc1nnc(CC)o1)C(=O)O. The Hall–Kier alpha value is -1.32. The van der Waals surface area contributed by atoms with E-state index in [0.29, 0.717) is 30.2 Å². The lowest BCUT2D eigenvalue weighted by atomic mass is 10.2. The molecule has 0 saturated carbocycles. The Morgan fingerprint density at radius 2 is 2.12 bits per heavy atom. The predicted molar refractivity (Wildman–Crippen MR) is 98.2 cm³/mol. The Labute approximate surface area is 159 Å². The molecule has 1 aromatic heterocycles. The number of ether oxygens (including phenoxy) is 1. The summed E-state index contributed by atoms with van der Waals surface area (Å²) in [4.78, 5) is 11.6. The van der Waals surface area contributed by atoms with E-state index < -0.39 is 5.97 Å². The molecule has 1 N–H and O–H groups in total. The number of carbonyl (C=O) groups is 1. The van der Waals surface area contributed by atoms with Crippen LogP contribution in [0.2, 0.25) is 0 Å². The van der Waals surface area contributed by atoms with Crippen LogP contribution in [0.1, 0.15) is 25.3 Å². The third kappa shape index (κ3) is 4.84. The Bertz CT molecular complexity index is 777. The van der Waals surface area contributed by atoms with Gasteiger partial charge in [0.15, 0.2) is 0 Å². The lowest BCUT2D eigenvalue weighted by Gasteiger charge is -2.11. The number of nitrogens with zero attached hydrogens (tertiary/aromatic N) is 2. The number of halogens is 2. The minimum absolute atomic E-state index is 0.0484. The number of rotatable bonds is 7. The van der Waals surface area contributed by atoms with Crippen LogP contribution in [-0.2, 0) is 11.2 Å². The fourth-order valence-corrected chi connectivity index (χ4v) is 3.83. The van der Waals surface area contributed by atoms with Gasteiger partial charge in [-0.1, -0.05) is 22.9 Å². The highest BCUT2D eigenvalue weighted by Crippen LogP contribution is 2.36. The van der Waals surface area contributed by atoms with Gasteiger partial charge in [0, 0.05) is 16.5 Å². The summed E-state index contributed by atoms with van der Waals surface area (Å²) in [6.07, 6.45) is 2.11. The molecule has 2 aromatic rings. The summed E-state index contributed by atoms with van der Waals surface area (Å²) in [5.41, 5.74) is 0.623.